The van der Waals surface area contributed by atoms with Crippen LogP contribution in [0, 0.1) is 5.41 Å². The Morgan fingerprint density at radius 2 is 2.00 bits per heavy atom. The molecule has 9 heteroatoms. The Hall–Kier alpha value is -3.62. The Bertz CT molecular complexity index is 948. The zero-order chi connectivity index (χ0) is 21.0. The van der Waals surface area contributed by atoms with Crippen molar-refractivity contribution < 1.29 is 24.2 Å². The van der Waals surface area contributed by atoms with Crippen molar-refractivity contribution in [2.45, 2.75) is 13.3 Å². The van der Waals surface area contributed by atoms with Crippen LogP contribution in [-0.4, -0.2) is 53.0 Å². The van der Waals surface area contributed by atoms with Gasteiger partial charge in [-0.1, -0.05) is 12.1 Å². The summed E-state index contributed by atoms with van der Waals surface area (Å²) in [5, 5.41) is 14.6. The van der Waals surface area contributed by atoms with E-state index in [1.165, 1.54) is 24.2 Å². The predicted octanol–water partition coefficient (Wildman–Crippen LogP) is 2.56. The number of aliphatic carboxylic acids is 1. The molecule has 1 fully saturated rings. The molecule has 1 aromatic heterocycles. The van der Waals surface area contributed by atoms with E-state index in [-0.39, 0.29) is 18.1 Å². The monoisotopic (exact) mass is 398 g/mol. The molecule has 3 amide bonds. The largest absolute Gasteiger partial charge is 0.481 e. The summed E-state index contributed by atoms with van der Waals surface area (Å²) < 4.78 is 5.84. The number of para-hydroxylation sites is 2. The third-order valence-electron chi connectivity index (χ3n) is 4.82. The number of ether oxygens (including phenoxy) is 1. The van der Waals surface area contributed by atoms with E-state index in [2.05, 4.69) is 15.6 Å². The van der Waals surface area contributed by atoms with Crippen molar-refractivity contribution in [3.05, 3.63) is 48.3 Å². The van der Waals surface area contributed by atoms with Gasteiger partial charge in [-0.3, -0.25) is 14.6 Å². The van der Waals surface area contributed by atoms with E-state index < -0.39 is 17.4 Å². The van der Waals surface area contributed by atoms with Crippen molar-refractivity contribution in [2.75, 3.05) is 25.5 Å². The number of aromatic nitrogens is 1. The third-order valence-corrected chi connectivity index (χ3v) is 4.82. The molecule has 29 heavy (non-hydrogen) atoms. The second-order valence-electron chi connectivity index (χ2n) is 7.02. The molecule has 0 bridgehead atoms. The van der Waals surface area contributed by atoms with Crippen molar-refractivity contribution in [1.82, 2.24) is 15.2 Å². The summed E-state index contributed by atoms with van der Waals surface area (Å²) in [4.78, 5) is 41.2. The van der Waals surface area contributed by atoms with Crippen molar-refractivity contribution in [2.24, 2.45) is 5.41 Å². The van der Waals surface area contributed by atoms with E-state index in [0.717, 1.165) is 0 Å². The molecule has 0 saturated carbocycles. The molecule has 2 aromatic rings. The number of rotatable bonds is 5. The standard InChI is InChI=1S/C20H22N4O5/c1-20(18(26)27)8-10-24(12-20)19(28)23-14-5-3-4-6-16(14)29-13-7-9-22-15(11-13)17(25)21-2/h3-7,9,11H,8,10,12H2,1-2H3,(H,21,25)(H,23,28)(H,26,27). The van der Waals surface area contributed by atoms with E-state index in [9.17, 15) is 19.5 Å². The fourth-order valence-corrected chi connectivity index (χ4v) is 3.02. The molecule has 1 saturated heterocycles. The zero-order valence-electron chi connectivity index (χ0n) is 16.1. The van der Waals surface area contributed by atoms with Crippen LogP contribution in [0.15, 0.2) is 42.6 Å². The maximum atomic E-state index is 12.6. The minimum atomic E-state index is -0.944. The van der Waals surface area contributed by atoms with E-state index in [1.807, 2.05) is 0 Å². The Labute approximate surface area is 167 Å². The number of carboxylic acids is 1. The fraction of sp³-hybridized carbons (Fsp3) is 0.300. The fourth-order valence-electron chi connectivity index (χ4n) is 3.02. The maximum absolute atomic E-state index is 12.6. The lowest BCUT2D eigenvalue weighted by Crippen LogP contribution is -2.37. The Balaban J connectivity index is 1.74. The number of amides is 3. The molecule has 1 aromatic carbocycles. The average molecular weight is 398 g/mol. The van der Waals surface area contributed by atoms with Gasteiger partial charge in [0.2, 0.25) is 0 Å². The highest BCUT2D eigenvalue weighted by Gasteiger charge is 2.42. The number of pyridine rings is 1. The van der Waals surface area contributed by atoms with Gasteiger partial charge in [-0.25, -0.2) is 4.79 Å². The van der Waals surface area contributed by atoms with Gasteiger partial charge in [0.05, 0.1) is 11.1 Å². The molecule has 0 aliphatic carbocycles. The Morgan fingerprint density at radius 3 is 2.69 bits per heavy atom. The van der Waals surface area contributed by atoms with E-state index in [1.54, 1.807) is 37.3 Å². The quantitative estimate of drug-likeness (QED) is 0.712. The molecular formula is C20H22N4O5. The summed E-state index contributed by atoms with van der Waals surface area (Å²) in [6, 6.07) is 9.56. The molecule has 152 valence electrons. The third kappa shape index (κ3) is 4.45. The molecule has 9 nitrogen and oxygen atoms in total. The van der Waals surface area contributed by atoms with Gasteiger partial charge in [0.15, 0.2) is 5.75 Å². The van der Waals surface area contributed by atoms with Gasteiger partial charge in [-0.15, -0.1) is 0 Å². The lowest BCUT2D eigenvalue weighted by atomic mass is 9.90. The molecule has 1 atom stereocenters. The van der Waals surface area contributed by atoms with Crippen LogP contribution in [0.3, 0.4) is 0 Å². The van der Waals surface area contributed by atoms with Crippen molar-refractivity contribution >= 4 is 23.6 Å². The van der Waals surface area contributed by atoms with Gasteiger partial charge in [-0.2, -0.15) is 0 Å². The van der Waals surface area contributed by atoms with Crippen molar-refractivity contribution in [3.8, 4) is 11.5 Å². The number of hydrogen-bond donors (Lipinski definition) is 3. The van der Waals surface area contributed by atoms with Crippen LogP contribution < -0.4 is 15.4 Å². The number of nitrogens with one attached hydrogen (secondary N) is 2. The lowest BCUT2D eigenvalue weighted by molar-refractivity contribution is -0.146. The number of carbonyl (C=O) groups excluding carboxylic acids is 2. The maximum Gasteiger partial charge on any atom is 0.321 e. The van der Waals surface area contributed by atoms with E-state index in [0.29, 0.717) is 30.2 Å². The van der Waals surface area contributed by atoms with Gasteiger partial charge in [0.1, 0.15) is 11.4 Å². The summed E-state index contributed by atoms with van der Waals surface area (Å²) in [6.45, 7) is 2.13. The zero-order valence-corrected chi connectivity index (χ0v) is 16.1. The summed E-state index contributed by atoms with van der Waals surface area (Å²) in [5.41, 5.74) is -0.308. The number of nitrogens with zero attached hydrogens (tertiary/aromatic N) is 2. The minimum absolute atomic E-state index is 0.136. The molecule has 1 aliphatic heterocycles. The van der Waals surface area contributed by atoms with Crippen LogP contribution in [0.5, 0.6) is 11.5 Å². The first kappa shape index (κ1) is 20.1. The topological polar surface area (TPSA) is 121 Å². The number of hydrogen-bond acceptors (Lipinski definition) is 5. The molecule has 1 unspecified atom stereocenters. The molecule has 2 heterocycles. The number of likely N-dealkylation sites (tertiary alicyclic amines) is 1. The summed E-state index contributed by atoms with van der Waals surface area (Å²) in [7, 11) is 1.51. The molecule has 3 N–H and O–H groups in total. The highest BCUT2D eigenvalue weighted by atomic mass is 16.5. The summed E-state index contributed by atoms with van der Waals surface area (Å²) in [5.74, 6) is -0.483. The van der Waals surface area contributed by atoms with E-state index >= 15 is 0 Å². The number of urea groups is 1. The SMILES string of the molecule is CNC(=O)c1cc(Oc2ccccc2NC(=O)N2CCC(C)(C(=O)O)C2)ccn1. The lowest BCUT2D eigenvalue weighted by Gasteiger charge is -2.21. The number of carbonyl (C=O) groups is 3. The second kappa shape index (κ2) is 8.17. The number of benzene rings is 1. The van der Waals surface area contributed by atoms with Crippen LogP contribution in [0.4, 0.5) is 10.5 Å². The molecule has 3 rings (SSSR count). The van der Waals surface area contributed by atoms with Crippen LogP contribution in [0.25, 0.3) is 0 Å². The van der Waals surface area contributed by atoms with Gasteiger partial charge in [-0.05, 0) is 31.5 Å². The first-order chi connectivity index (χ1) is 13.8. The normalized spacial score (nSPS) is 18.2. The minimum Gasteiger partial charge on any atom is -0.481 e. The van der Waals surface area contributed by atoms with Gasteiger partial charge in [0, 0.05) is 32.4 Å². The average Bonchev–Trinajstić information content (AvgIpc) is 3.13. The highest BCUT2D eigenvalue weighted by molar-refractivity contribution is 5.93. The molecule has 0 spiro atoms. The first-order valence-electron chi connectivity index (χ1n) is 9.07. The molecular weight excluding hydrogens is 376 g/mol. The molecule has 0 radical (unpaired) electrons. The number of anilines is 1. The summed E-state index contributed by atoms with van der Waals surface area (Å²) >= 11 is 0. The highest BCUT2D eigenvalue weighted by Crippen LogP contribution is 2.32. The Morgan fingerprint density at radius 1 is 1.24 bits per heavy atom. The molecule has 1 aliphatic rings. The van der Waals surface area contributed by atoms with Crippen LogP contribution in [-0.2, 0) is 4.79 Å². The Kier molecular flexibility index (Phi) is 5.67. The van der Waals surface area contributed by atoms with Gasteiger partial charge in [0.25, 0.3) is 5.91 Å². The van der Waals surface area contributed by atoms with Crippen molar-refractivity contribution in [3.63, 3.8) is 0 Å². The van der Waals surface area contributed by atoms with Gasteiger partial charge < -0.3 is 25.4 Å². The number of carboxylic acid groups (broad SMARTS) is 1. The smallest absolute Gasteiger partial charge is 0.321 e. The second-order valence-corrected chi connectivity index (χ2v) is 7.02. The van der Waals surface area contributed by atoms with E-state index in [4.69, 9.17) is 4.74 Å². The van der Waals surface area contributed by atoms with Gasteiger partial charge >= 0.3 is 12.0 Å². The van der Waals surface area contributed by atoms with Crippen LogP contribution >= 0.6 is 0 Å². The predicted molar refractivity (Wildman–Crippen MR) is 105 cm³/mol. The van der Waals surface area contributed by atoms with Crippen molar-refractivity contribution in [1.29, 1.82) is 0 Å². The summed E-state index contributed by atoms with van der Waals surface area (Å²) in [6.07, 6.45) is 1.85. The first-order valence-corrected chi connectivity index (χ1v) is 9.07. The van der Waals surface area contributed by atoms with Crippen LogP contribution in [0.2, 0.25) is 0 Å². The van der Waals surface area contributed by atoms with Crippen LogP contribution in [0.1, 0.15) is 23.8 Å².